The van der Waals surface area contributed by atoms with E-state index in [9.17, 15) is 4.79 Å². The molecule has 0 fully saturated rings. The maximum Gasteiger partial charge on any atom is 0.193 e. The highest BCUT2D eigenvalue weighted by Crippen LogP contribution is 2.21. The highest BCUT2D eigenvalue weighted by atomic mass is 32.2. The van der Waals surface area contributed by atoms with Crippen LogP contribution in [0.3, 0.4) is 0 Å². The van der Waals surface area contributed by atoms with Gasteiger partial charge >= 0.3 is 0 Å². The van der Waals surface area contributed by atoms with Gasteiger partial charge < -0.3 is 0 Å². The number of thioether (sulfide) groups is 1. The van der Waals surface area contributed by atoms with E-state index in [1.165, 1.54) is 11.8 Å². The van der Waals surface area contributed by atoms with Crippen molar-refractivity contribution >= 4 is 23.0 Å². The monoisotopic (exact) mass is 206 g/mol. The molecule has 0 bridgehead atoms. The third-order valence-corrected chi connectivity index (χ3v) is 2.74. The quantitative estimate of drug-likeness (QED) is 0.698. The van der Waals surface area contributed by atoms with Crippen LogP contribution in [0, 0.1) is 0 Å². The summed E-state index contributed by atoms with van der Waals surface area (Å²) in [5.41, 5.74) is 1.08. The number of carbonyl (C=O) groups excluding carboxylic acids is 1. The van der Waals surface area contributed by atoms with E-state index in [0.29, 0.717) is 6.42 Å². The molecule has 0 amide bonds. The highest BCUT2D eigenvalue weighted by molar-refractivity contribution is 8.13. The molecule has 0 saturated carbocycles. The van der Waals surface area contributed by atoms with Gasteiger partial charge in [0, 0.05) is 11.3 Å². The molecule has 0 N–H and O–H groups in total. The lowest BCUT2D eigenvalue weighted by Gasteiger charge is -1.99. The van der Waals surface area contributed by atoms with Gasteiger partial charge in [0.1, 0.15) is 0 Å². The Labute approximate surface area is 89.2 Å². The van der Waals surface area contributed by atoms with E-state index in [2.05, 4.69) is 6.58 Å². The summed E-state index contributed by atoms with van der Waals surface area (Å²) in [7, 11) is 0. The zero-order chi connectivity index (χ0) is 10.4. The Morgan fingerprint density at radius 2 is 2.07 bits per heavy atom. The van der Waals surface area contributed by atoms with Crippen LogP contribution in [0.5, 0.6) is 0 Å². The summed E-state index contributed by atoms with van der Waals surface area (Å²) in [5.74, 6) is 0. The van der Waals surface area contributed by atoms with E-state index < -0.39 is 0 Å². The molecule has 0 aromatic heterocycles. The molecule has 0 spiro atoms. The van der Waals surface area contributed by atoms with Crippen molar-refractivity contribution in [1.29, 1.82) is 0 Å². The third kappa shape index (κ3) is 3.38. The van der Waals surface area contributed by atoms with Gasteiger partial charge in [-0.05, 0) is 24.1 Å². The first-order valence-electron chi connectivity index (χ1n) is 4.69. The van der Waals surface area contributed by atoms with Crippen molar-refractivity contribution in [2.24, 2.45) is 0 Å². The van der Waals surface area contributed by atoms with Gasteiger partial charge in [0.15, 0.2) is 5.12 Å². The van der Waals surface area contributed by atoms with E-state index >= 15 is 0 Å². The van der Waals surface area contributed by atoms with Crippen LogP contribution in [-0.2, 0) is 4.79 Å². The third-order valence-electron chi connectivity index (χ3n) is 1.80. The summed E-state index contributed by atoms with van der Waals surface area (Å²) in [6.45, 7) is 5.69. The van der Waals surface area contributed by atoms with Crippen LogP contribution in [-0.4, -0.2) is 5.12 Å². The first kappa shape index (κ1) is 11.1. The first-order valence-corrected chi connectivity index (χ1v) is 5.51. The zero-order valence-corrected chi connectivity index (χ0v) is 9.14. The molecule has 0 radical (unpaired) electrons. The second-order valence-corrected chi connectivity index (χ2v) is 4.13. The van der Waals surface area contributed by atoms with Gasteiger partial charge in [-0.2, -0.15) is 0 Å². The van der Waals surface area contributed by atoms with Crippen molar-refractivity contribution in [1.82, 2.24) is 0 Å². The summed E-state index contributed by atoms with van der Waals surface area (Å²) in [4.78, 5) is 12.3. The Kier molecular flexibility index (Phi) is 4.47. The molecule has 14 heavy (non-hydrogen) atoms. The van der Waals surface area contributed by atoms with Gasteiger partial charge in [-0.3, -0.25) is 4.79 Å². The molecule has 0 heterocycles. The largest absolute Gasteiger partial charge is 0.287 e. The van der Waals surface area contributed by atoms with Crippen LogP contribution in [0.4, 0.5) is 0 Å². The number of hydrogen-bond donors (Lipinski definition) is 0. The fourth-order valence-electron chi connectivity index (χ4n) is 1.06. The van der Waals surface area contributed by atoms with Crippen LogP contribution < -0.4 is 0 Å². The molecule has 0 aliphatic carbocycles. The summed E-state index contributed by atoms with van der Waals surface area (Å²) < 4.78 is 0. The molecule has 1 nitrogen and oxygen atoms in total. The van der Waals surface area contributed by atoms with Crippen LogP contribution in [0.25, 0.3) is 6.08 Å². The Morgan fingerprint density at radius 3 is 2.57 bits per heavy atom. The van der Waals surface area contributed by atoms with Crippen LogP contribution in [0.15, 0.2) is 35.7 Å². The lowest BCUT2D eigenvalue weighted by atomic mass is 10.2. The van der Waals surface area contributed by atoms with E-state index in [0.717, 1.165) is 16.9 Å². The van der Waals surface area contributed by atoms with Gasteiger partial charge in [-0.25, -0.2) is 0 Å². The second-order valence-electron chi connectivity index (χ2n) is 3.00. The van der Waals surface area contributed by atoms with E-state index in [1.54, 1.807) is 6.08 Å². The molecule has 1 aromatic carbocycles. The predicted molar refractivity (Wildman–Crippen MR) is 62.3 cm³/mol. The topological polar surface area (TPSA) is 17.1 Å². The lowest BCUT2D eigenvalue weighted by Crippen LogP contribution is -1.89. The number of rotatable bonds is 4. The van der Waals surface area contributed by atoms with Crippen molar-refractivity contribution in [2.45, 2.75) is 24.7 Å². The molecule has 1 rings (SSSR count). The normalized spacial score (nSPS) is 9.79. The average molecular weight is 206 g/mol. The molecule has 0 atom stereocenters. The van der Waals surface area contributed by atoms with Crippen molar-refractivity contribution in [3.8, 4) is 0 Å². The Hall–Kier alpha value is -1.02. The molecule has 0 unspecified atom stereocenters. The fourth-order valence-corrected chi connectivity index (χ4v) is 1.90. The summed E-state index contributed by atoms with van der Waals surface area (Å²) >= 11 is 1.31. The first-order chi connectivity index (χ1) is 6.76. The van der Waals surface area contributed by atoms with Gasteiger partial charge in [-0.15, -0.1) is 0 Å². The molecule has 0 aliphatic rings. The predicted octanol–water partition coefficient (Wildman–Crippen LogP) is 3.75. The molecule has 2 heteroatoms. The number of benzene rings is 1. The van der Waals surface area contributed by atoms with E-state index in [-0.39, 0.29) is 5.12 Å². The smallest absolute Gasteiger partial charge is 0.193 e. The van der Waals surface area contributed by atoms with Crippen molar-refractivity contribution in [3.05, 3.63) is 36.4 Å². The van der Waals surface area contributed by atoms with Crippen LogP contribution in [0.2, 0.25) is 0 Å². The Balaban J connectivity index is 2.59. The van der Waals surface area contributed by atoms with Crippen LogP contribution >= 0.6 is 11.8 Å². The number of carbonyl (C=O) groups is 1. The minimum Gasteiger partial charge on any atom is -0.287 e. The van der Waals surface area contributed by atoms with Crippen LogP contribution in [0.1, 0.15) is 25.3 Å². The lowest BCUT2D eigenvalue weighted by molar-refractivity contribution is -0.111. The van der Waals surface area contributed by atoms with Gasteiger partial charge in [-0.1, -0.05) is 43.5 Å². The standard InChI is InChI=1S/C12H14OS/c1-3-5-12(13)14-11-8-6-10(4-2)7-9-11/h4,6-9H,2-3,5H2,1H3. The SMILES string of the molecule is C=Cc1ccc(SC(=O)CCC)cc1. The van der Waals surface area contributed by atoms with Crippen molar-refractivity contribution < 1.29 is 4.79 Å². The zero-order valence-electron chi connectivity index (χ0n) is 8.32. The van der Waals surface area contributed by atoms with Gasteiger partial charge in [0.25, 0.3) is 0 Å². The Bertz CT molecular complexity index is 314. The number of hydrogen-bond acceptors (Lipinski definition) is 2. The summed E-state index contributed by atoms with van der Waals surface area (Å²) in [6.07, 6.45) is 3.35. The summed E-state index contributed by atoms with van der Waals surface area (Å²) in [5, 5.41) is 0.235. The van der Waals surface area contributed by atoms with E-state index in [4.69, 9.17) is 0 Å². The van der Waals surface area contributed by atoms with Crippen molar-refractivity contribution in [2.75, 3.05) is 0 Å². The molecular formula is C12H14OS. The van der Waals surface area contributed by atoms with Gasteiger partial charge in [0.2, 0.25) is 0 Å². The minimum absolute atomic E-state index is 0.235. The molecule has 0 aliphatic heterocycles. The average Bonchev–Trinajstić information content (AvgIpc) is 2.19. The molecular weight excluding hydrogens is 192 g/mol. The fraction of sp³-hybridized carbons (Fsp3) is 0.250. The Morgan fingerprint density at radius 1 is 1.43 bits per heavy atom. The molecule has 1 aromatic rings. The molecule has 74 valence electrons. The second kappa shape index (κ2) is 5.66. The van der Waals surface area contributed by atoms with Crippen molar-refractivity contribution in [3.63, 3.8) is 0 Å². The maximum absolute atomic E-state index is 11.3. The molecule has 0 saturated heterocycles. The van der Waals surface area contributed by atoms with Gasteiger partial charge in [0.05, 0.1) is 0 Å². The minimum atomic E-state index is 0.235. The van der Waals surface area contributed by atoms with E-state index in [1.807, 2.05) is 31.2 Å². The summed E-state index contributed by atoms with van der Waals surface area (Å²) in [6, 6.07) is 7.84. The highest BCUT2D eigenvalue weighted by Gasteiger charge is 2.02. The maximum atomic E-state index is 11.3.